The van der Waals surface area contributed by atoms with Gasteiger partial charge in [-0.25, -0.2) is 4.79 Å². The first-order chi connectivity index (χ1) is 19.2. The van der Waals surface area contributed by atoms with Gasteiger partial charge >= 0.3 is 5.97 Å². The lowest BCUT2D eigenvalue weighted by atomic mass is 10.1. The number of amides is 4. The van der Waals surface area contributed by atoms with Crippen LogP contribution in [0.5, 0.6) is 0 Å². The Kier molecular flexibility index (Phi) is 14.9. The summed E-state index contributed by atoms with van der Waals surface area (Å²) < 4.78 is 0. The lowest BCUT2D eigenvalue weighted by Gasteiger charge is -2.29. The molecule has 0 aromatic carbocycles. The number of hydrogen-bond acceptors (Lipinski definition) is 8. The number of aliphatic carboxylic acids is 1. The number of hydrogen-bond donors (Lipinski definition) is 9. The Morgan fingerprint density at radius 1 is 0.927 bits per heavy atom. The Bertz CT molecular complexity index is 979. The van der Waals surface area contributed by atoms with Crippen LogP contribution in [-0.2, 0) is 24.0 Å². The lowest BCUT2D eigenvalue weighted by molar-refractivity contribution is -0.145. The highest BCUT2D eigenvalue weighted by molar-refractivity contribution is 5.94. The standard InChI is InChI=1S/C24H45N11O6/c1-13(2)18(25)20(38)32-12-17(36)33-14(6-3-9-30-23(26)27)21(39)35-11-5-8-16(35)19(37)34-15(22(40)41)7-4-10-31-24(28)29/h13-16,18H,3-12,25H2,1-2H3,(H,32,38)(H,33,36)(H,34,37)(H,40,41)(H4,26,27,30)(H4,28,29,31)/t14-,15-,16-,18-/m0/s1. The maximum atomic E-state index is 13.5. The molecular formula is C24H45N11O6. The number of nitrogens with zero attached hydrogens (tertiary/aromatic N) is 3. The van der Waals surface area contributed by atoms with Gasteiger partial charge in [0.25, 0.3) is 0 Å². The molecule has 0 bridgehead atoms. The molecule has 0 unspecified atom stereocenters. The SMILES string of the molecule is CC(C)[C@H](N)C(=O)NCC(=O)N[C@@H](CCCN=C(N)N)C(=O)N1CCC[C@H]1C(=O)N[C@@H](CCCN=C(N)N)C(=O)O. The van der Waals surface area contributed by atoms with E-state index in [4.69, 9.17) is 28.7 Å². The van der Waals surface area contributed by atoms with Gasteiger partial charge in [-0.05, 0) is 44.4 Å². The number of nitrogens with one attached hydrogen (secondary N) is 3. The zero-order valence-electron chi connectivity index (χ0n) is 23.7. The third kappa shape index (κ3) is 12.7. The second-order valence-electron chi connectivity index (χ2n) is 10.1. The predicted octanol–water partition coefficient (Wildman–Crippen LogP) is -3.76. The van der Waals surface area contributed by atoms with Crippen molar-refractivity contribution in [3.63, 3.8) is 0 Å². The largest absolute Gasteiger partial charge is 0.480 e. The number of aliphatic imine (C=N–C) groups is 2. The van der Waals surface area contributed by atoms with Crippen molar-refractivity contribution in [3.8, 4) is 0 Å². The van der Waals surface area contributed by atoms with Gasteiger partial charge in [-0.3, -0.25) is 29.2 Å². The number of carboxylic acids is 1. The van der Waals surface area contributed by atoms with Gasteiger partial charge in [0.1, 0.15) is 18.1 Å². The van der Waals surface area contributed by atoms with E-state index in [0.29, 0.717) is 25.7 Å². The van der Waals surface area contributed by atoms with E-state index in [9.17, 15) is 29.1 Å². The predicted molar refractivity (Wildman–Crippen MR) is 152 cm³/mol. The quantitative estimate of drug-likeness (QED) is 0.0455. The van der Waals surface area contributed by atoms with Gasteiger partial charge in [0, 0.05) is 19.6 Å². The van der Waals surface area contributed by atoms with Crippen LogP contribution in [0.25, 0.3) is 0 Å². The molecule has 1 aliphatic heterocycles. The second kappa shape index (κ2) is 17.5. The molecule has 0 radical (unpaired) electrons. The van der Waals surface area contributed by atoms with Gasteiger partial charge in [-0.1, -0.05) is 13.8 Å². The monoisotopic (exact) mass is 583 g/mol. The van der Waals surface area contributed by atoms with Crippen molar-refractivity contribution >= 4 is 41.5 Å². The molecule has 41 heavy (non-hydrogen) atoms. The molecule has 17 heteroatoms. The van der Waals surface area contributed by atoms with Crippen molar-refractivity contribution in [3.05, 3.63) is 0 Å². The molecule has 0 saturated carbocycles. The fraction of sp³-hybridized carbons (Fsp3) is 0.708. The van der Waals surface area contributed by atoms with Crippen LogP contribution in [0.4, 0.5) is 0 Å². The van der Waals surface area contributed by atoms with Crippen LogP contribution in [0.1, 0.15) is 52.4 Å². The Morgan fingerprint density at radius 3 is 2.00 bits per heavy atom. The highest BCUT2D eigenvalue weighted by Gasteiger charge is 2.38. The van der Waals surface area contributed by atoms with Gasteiger partial charge in [-0.2, -0.15) is 0 Å². The average Bonchev–Trinajstić information content (AvgIpc) is 3.39. The van der Waals surface area contributed by atoms with Gasteiger partial charge in [-0.15, -0.1) is 0 Å². The highest BCUT2D eigenvalue weighted by Crippen LogP contribution is 2.20. The number of guanidine groups is 2. The average molecular weight is 584 g/mol. The molecule has 1 saturated heterocycles. The number of carbonyl (C=O) groups is 5. The van der Waals surface area contributed by atoms with Crippen molar-refractivity contribution in [2.45, 2.75) is 76.5 Å². The first-order valence-electron chi connectivity index (χ1n) is 13.5. The molecule has 1 fully saturated rings. The van der Waals surface area contributed by atoms with Crippen LogP contribution >= 0.6 is 0 Å². The van der Waals surface area contributed by atoms with Crippen molar-refractivity contribution < 1.29 is 29.1 Å². The Labute approximate surface area is 239 Å². The Balaban J connectivity index is 2.93. The summed E-state index contributed by atoms with van der Waals surface area (Å²) in [5.74, 6) is -3.89. The van der Waals surface area contributed by atoms with Gasteiger partial charge < -0.3 is 54.6 Å². The third-order valence-corrected chi connectivity index (χ3v) is 6.42. The van der Waals surface area contributed by atoms with Crippen LogP contribution in [0, 0.1) is 5.92 Å². The number of likely N-dealkylation sites (tertiary alicyclic amines) is 1. The van der Waals surface area contributed by atoms with Crippen LogP contribution in [0.2, 0.25) is 0 Å². The molecule has 0 aliphatic carbocycles. The molecule has 1 rings (SSSR count). The number of rotatable bonds is 17. The third-order valence-electron chi connectivity index (χ3n) is 6.42. The summed E-state index contributed by atoms with van der Waals surface area (Å²) in [6, 6.07) is -3.98. The minimum Gasteiger partial charge on any atom is -0.480 e. The molecule has 232 valence electrons. The fourth-order valence-corrected chi connectivity index (χ4v) is 4.13. The summed E-state index contributed by atoms with van der Waals surface area (Å²) in [6.07, 6.45) is 1.69. The Morgan fingerprint density at radius 2 is 1.49 bits per heavy atom. The fourth-order valence-electron chi connectivity index (χ4n) is 4.13. The number of carbonyl (C=O) groups excluding carboxylic acids is 4. The van der Waals surface area contributed by atoms with Crippen molar-refractivity contribution in [2.24, 2.45) is 44.6 Å². The zero-order chi connectivity index (χ0) is 31.1. The summed E-state index contributed by atoms with van der Waals surface area (Å²) in [5.41, 5.74) is 27.1. The minimum absolute atomic E-state index is 0.0776. The van der Waals surface area contributed by atoms with E-state index in [2.05, 4.69) is 25.9 Å². The number of carboxylic acid groups (broad SMARTS) is 1. The van der Waals surface area contributed by atoms with E-state index in [0.717, 1.165) is 0 Å². The molecule has 4 amide bonds. The van der Waals surface area contributed by atoms with Crippen molar-refractivity contribution in [1.29, 1.82) is 0 Å². The summed E-state index contributed by atoms with van der Waals surface area (Å²) in [6.45, 7) is 3.76. The highest BCUT2D eigenvalue weighted by atomic mass is 16.4. The van der Waals surface area contributed by atoms with E-state index < -0.39 is 60.3 Å². The van der Waals surface area contributed by atoms with Crippen LogP contribution in [0.15, 0.2) is 9.98 Å². The van der Waals surface area contributed by atoms with Crippen molar-refractivity contribution in [2.75, 3.05) is 26.2 Å². The molecular weight excluding hydrogens is 538 g/mol. The first-order valence-corrected chi connectivity index (χ1v) is 13.5. The second-order valence-corrected chi connectivity index (χ2v) is 10.1. The molecule has 1 aliphatic rings. The lowest BCUT2D eigenvalue weighted by Crippen LogP contribution is -2.56. The van der Waals surface area contributed by atoms with E-state index >= 15 is 0 Å². The summed E-state index contributed by atoms with van der Waals surface area (Å²) >= 11 is 0. The van der Waals surface area contributed by atoms with Crippen LogP contribution in [0.3, 0.4) is 0 Å². The molecule has 1 heterocycles. The zero-order valence-corrected chi connectivity index (χ0v) is 23.7. The Hall–Kier alpha value is -4.15. The molecule has 4 atom stereocenters. The topological polar surface area (TPSA) is 300 Å². The molecule has 0 aromatic rings. The normalized spacial score (nSPS) is 16.7. The first kappa shape index (κ1) is 34.9. The summed E-state index contributed by atoms with van der Waals surface area (Å²) in [5, 5.41) is 17.1. The summed E-state index contributed by atoms with van der Waals surface area (Å²) in [7, 11) is 0. The van der Waals surface area contributed by atoms with E-state index in [1.807, 2.05) is 0 Å². The summed E-state index contributed by atoms with van der Waals surface area (Å²) in [4.78, 5) is 72.1. The van der Waals surface area contributed by atoms with E-state index in [1.165, 1.54) is 4.90 Å². The number of nitrogens with two attached hydrogens (primary N) is 5. The van der Waals surface area contributed by atoms with Gasteiger partial charge in [0.15, 0.2) is 11.9 Å². The molecule has 0 aromatic heterocycles. The minimum atomic E-state index is -1.23. The maximum absolute atomic E-state index is 13.5. The van der Waals surface area contributed by atoms with Gasteiger partial charge in [0.05, 0.1) is 12.6 Å². The molecule has 0 spiro atoms. The molecule has 14 N–H and O–H groups in total. The molecule has 17 nitrogen and oxygen atoms in total. The van der Waals surface area contributed by atoms with E-state index in [1.54, 1.807) is 13.8 Å². The van der Waals surface area contributed by atoms with E-state index in [-0.39, 0.29) is 50.3 Å². The van der Waals surface area contributed by atoms with Crippen LogP contribution in [-0.4, -0.2) is 102 Å². The van der Waals surface area contributed by atoms with Crippen molar-refractivity contribution in [1.82, 2.24) is 20.9 Å². The smallest absolute Gasteiger partial charge is 0.326 e. The van der Waals surface area contributed by atoms with Crippen LogP contribution < -0.4 is 44.6 Å². The van der Waals surface area contributed by atoms with Gasteiger partial charge in [0.2, 0.25) is 23.6 Å². The maximum Gasteiger partial charge on any atom is 0.326 e.